The van der Waals surface area contributed by atoms with Crippen LogP contribution >= 0.6 is 0 Å². The van der Waals surface area contributed by atoms with E-state index in [1.807, 2.05) is 0 Å². The van der Waals surface area contributed by atoms with Crippen LogP contribution in [0.25, 0.3) is 0 Å². The Kier molecular flexibility index (Phi) is 3.11. The molecule has 0 aromatic rings. The molecule has 0 aromatic heterocycles. The van der Waals surface area contributed by atoms with Gasteiger partial charge in [-0.15, -0.1) is 0 Å². The number of rotatable bonds is 2. The fourth-order valence-electron chi connectivity index (χ4n) is 0.373. The highest BCUT2D eigenvalue weighted by molar-refractivity contribution is 5.24. The molecular weight excluding hydrogens is 132 g/mol. The van der Waals surface area contributed by atoms with Crippen molar-refractivity contribution in [1.29, 1.82) is 0 Å². The fourth-order valence-corrected chi connectivity index (χ4v) is 0.373. The summed E-state index contributed by atoms with van der Waals surface area (Å²) in [7, 11) is 0. The van der Waals surface area contributed by atoms with Crippen molar-refractivity contribution in [2.24, 2.45) is 0 Å². The van der Waals surface area contributed by atoms with Crippen LogP contribution < -0.4 is 0 Å². The summed E-state index contributed by atoms with van der Waals surface area (Å²) in [5.41, 5.74) is 0.589. The molecule has 0 radical (unpaired) electrons. The van der Waals surface area contributed by atoms with Crippen molar-refractivity contribution in [2.45, 2.75) is 6.92 Å². The average molecular weight is 142 g/mol. The van der Waals surface area contributed by atoms with E-state index in [0.29, 0.717) is 11.8 Å². The molecule has 0 rings (SSSR count). The summed E-state index contributed by atoms with van der Waals surface area (Å²) in [5, 5.41) is 25.6. The van der Waals surface area contributed by atoms with Crippen LogP contribution in [-0.4, -0.2) is 15.3 Å². The van der Waals surface area contributed by atoms with Crippen molar-refractivity contribution in [3.8, 4) is 0 Å². The molecule has 56 valence electrons. The van der Waals surface area contributed by atoms with Crippen LogP contribution in [0.1, 0.15) is 6.92 Å². The molecule has 3 nitrogen and oxygen atoms in total. The number of hydrogen-bond acceptors (Lipinski definition) is 3. The Morgan fingerprint density at radius 3 is 2.10 bits per heavy atom. The summed E-state index contributed by atoms with van der Waals surface area (Å²) in [6.07, 6.45) is 1.65. The van der Waals surface area contributed by atoms with E-state index in [1.165, 1.54) is 6.08 Å². The predicted octanol–water partition coefficient (Wildman–Crippen LogP) is 1.96. The lowest BCUT2D eigenvalue weighted by Gasteiger charge is -1.95. The Morgan fingerprint density at radius 1 is 1.30 bits per heavy atom. The molecule has 10 heavy (non-hydrogen) atoms. The zero-order valence-electron chi connectivity index (χ0n) is 5.70. The molecule has 0 bridgehead atoms. The van der Waals surface area contributed by atoms with Gasteiger partial charge in [-0.3, -0.25) is 0 Å². The topological polar surface area (TPSA) is 60.7 Å². The van der Waals surface area contributed by atoms with Crippen molar-refractivity contribution in [1.82, 2.24) is 0 Å². The molecule has 0 amide bonds. The summed E-state index contributed by atoms with van der Waals surface area (Å²) < 4.78 is 0. The largest absolute Gasteiger partial charge is 0.512 e. The van der Waals surface area contributed by atoms with E-state index in [-0.39, 0.29) is 0 Å². The van der Waals surface area contributed by atoms with Gasteiger partial charge in [0, 0.05) is 0 Å². The molecule has 0 heterocycles. The molecule has 3 heteroatoms. The molecule has 0 aliphatic rings. The highest BCUT2D eigenvalue weighted by Crippen LogP contribution is 2.03. The van der Waals surface area contributed by atoms with Crippen LogP contribution in [0.2, 0.25) is 0 Å². The van der Waals surface area contributed by atoms with Crippen molar-refractivity contribution < 1.29 is 15.3 Å². The third-order valence-electron chi connectivity index (χ3n) is 0.768. The van der Waals surface area contributed by atoms with E-state index in [9.17, 15) is 0 Å². The highest BCUT2D eigenvalue weighted by Gasteiger charge is 1.97. The van der Waals surface area contributed by atoms with Crippen molar-refractivity contribution in [3.05, 3.63) is 36.0 Å². The third-order valence-corrected chi connectivity index (χ3v) is 0.768. The zero-order valence-corrected chi connectivity index (χ0v) is 5.70. The molecule has 0 saturated carbocycles. The first-order chi connectivity index (χ1) is 4.57. The Labute approximate surface area is 59.2 Å². The van der Waals surface area contributed by atoms with Gasteiger partial charge in [-0.05, 0) is 13.0 Å². The molecule has 3 N–H and O–H groups in total. The Hall–Kier alpha value is -1.38. The lowest BCUT2D eigenvalue weighted by molar-refractivity contribution is 0.304. The minimum Gasteiger partial charge on any atom is -0.512 e. The lowest BCUT2D eigenvalue weighted by atomic mass is 10.3. The predicted molar refractivity (Wildman–Crippen MR) is 38.9 cm³/mol. The maximum Gasteiger partial charge on any atom is 0.192 e. The molecule has 0 aliphatic carbocycles. The van der Waals surface area contributed by atoms with Gasteiger partial charge in [0.1, 0.15) is 6.26 Å². The zero-order chi connectivity index (χ0) is 8.15. The summed E-state index contributed by atoms with van der Waals surface area (Å²) >= 11 is 0. The highest BCUT2D eigenvalue weighted by atomic mass is 16.3. The van der Waals surface area contributed by atoms with Gasteiger partial charge in [0.05, 0.1) is 0 Å². The van der Waals surface area contributed by atoms with Crippen LogP contribution in [0.3, 0.4) is 0 Å². The van der Waals surface area contributed by atoms with Crippen LogP contribution in [-0.2, 0) is 0 Å². The first kappa shape index (κ1) is 8.62. The molecule has 0 aliphatic heterocycles. The van der Waals surface area contributed by atoms with E-state index in [1.54, 1.807) is 6.92 Å². The van der Waals surface area contributed by atoms with Crippen LogP contribution in [0.15, 0.2) is 36.0 Å². The summed E-state index contributed by atoms with van der Waals surface area (Å²) in [6.45, 7) is 5.11. The monoisotopic (exact) mass is 142 g/mol. The summed E-state index contributed by atoms with van der Waals surface area (Å²) in [6, 6.07) is 0. The van der Waals surface area contributed by atoms with Gasteiger partial charge in [-0.2, -0.15) is 0 Å². The number of hydrogen-bond donors (Lipinski definition) is 3. The standard InChI is InChI=1S/C7H10O3/c1-5(2)3-6(9)7(10)4-8/h3-4,8-10H,1H2,2H3/b6-3+,7-4-. The quantitative estimate of drug-likeness (QED) is 0.408. The van der Waals surface area contributed by atoms with E-state index in [4.69, 9.17) is 15.3 Å². The second kappa shape index (κ2) is 3.61. The van der Waals surface area contributed by atoms with E-state index >= 15 is 0 Å². The smallest absolute Gasteiger partial charge is 0.192 e. The second-order valence-electron chi connectivity index (χ2n) is 1.89. The lowest BCUT2D eigenvalue weighted by Crippen LogP contribution is -1.86. The van der Waals surface area contributed by atoms with Gasteiger partial charge in [0.25, 0.3) is 0 Å². The van der Waals surface area contributed by atoms with Gasteiger partial charge >= 0.3 is 0 Å². The molecule has 0 atom stereocenters. The second-order valence-corrected chi connectivity index (χ2v) is 1.89. The minimum atomic E-state index is -0.567. The summed E-state index contributed by atoms with van der Waals surface area (Å²) in [4.78, 5) is 0. The first-order valence-corrected chi connectivity index (χ1v) is 2.67. The normalized spacial score (nSPS) is 13.3. The Morgan fingerprint density at radius 2 is 1.80 bits per heavy atom. The molecule has 0 fully saturated rings. The van der Waals surface area contributed by atoms with E-state index < -0.39 is 11.5 Å². The third kappa shape index (κ3) is 2.81. The van der Waals surface area contributed by atoms with E-state index in [0.717, 1.165) is 0 Å². The van der Waals surface area contributed by atoms with Gasteiger partial charge in [0.2, 0.25) is 0 Å². The van der Waals surface area contributed by atoms with Gasteiger partial charge < -0.3 is 15.3 Å². The Balaban J connectivity index is 4.35. The molecule has 0 unspecified atom stereocenters. The van der Waals surface area contributed by atoms with Crippen LogP contribution in [0.4, 0.5) is 0 Å². The van der Waals surface area contributed by atoms with Gasteiger partial charge in [-0.25, -0.2) is 0 Å². The van der Waals surface area contributed by atoms with Gasteiger partial charge in [0.15, 0.2) is 11.5 Å². The van der Waals surface area contributed by atoms with Crippen LogP contribution in [0, 0.1) is 0 Å². The molecular formula is C7H10O3. The van der Waals surface area contributed by atoms with Crippen molar-refractivity contribution >= 4 is 0 Å². The Bertz CT molecular complexity index is 189. The first-order valence-electron chi connectivity index (χ1n) is 2.67. The SMILES string of the molecule is C=C(C)/C=C(O)\C(O)=C\O. The number of aliphatic hydroxyl groups is 3. The number of aliphatic hydroxyl groups excluding tert-OH is 3. The van der Waals surface area contributed by atoms with Crippen LogP contribution in [0.5, 0.6) is 0 Å². The van der Waals surface area contributed by atoms with Gasteiger partial charge in [-0.1, -0.05) is 12.2 Å². The number of allylic oxidation sites excluding steroid dienone is 2. The van der Waals surface area contributed by atoms with Crippen molar-refractivity contribution in [2.75, 3.05) is 0 Å². The maximum absolute atomic E-state index is 8.81. The summed E-state index contributed by atoms with van der Waals surface area (Å²) in [5.74, 6) is -0.960. The van der Waals surface area contributed by atoms with Crippen molar-refractivity contribution in [3.63, 3.8) is 0 Å². The molecule has 0 spiro atoms. The fraction of sp³-hybridized carbons (Fsp3) is 0.143. The molecule has 0 aromatic carbocycles. The van der Waals surface area contributed by atoms with E-state index in [2.05, 4.69) is 6.58 Å². The minimum absolute atomic E-state index is 0.394. The molecule has 0 saturated heterocycles. The average Bonchev–Trinajstić information content (AvgIpc) is 1.85. The maximum atomic E-state index is 8.81.